The minimum absolute atomic E-state index is 0.304. The first-order valence-electron chi connectivity index (χ1n) is 6.50. The fourth-order valence-electron chi connectivity index (χ4n) is 1.86. The van der Waals surface area contributed by atoms with E-state index in [1.54, 1.807) is 11.3 Å². The first-order chi connectivity index (χ1) is 9.20. The van der Waals surface area contributed by atoms with Crippen LogP contribution >= 0.6 is 11.3 Å². The van der Waals surface area contributed by atoms with Gasteiger partial charge in [-0.25, -0.2) is 4.98 Å². The Morgan fingerprint density at radius 2 is 2.26 bits per heavy atom. The molecule has 0 aliphatic rings. The van der Waals surface area contributed by atoms with Gasteiger partial charge in [-0.1, -0.05) is 13.0 Å². The van der Waals surface area contributed by atoms with Crippen LogP contribution in [0.1, 0.15) is 31.3 Å². The summed E-state index contributed by atoms with van der Waals surface area (Å²) in [6, 6.07) is 6.28. The van der Waals surface area contributed by atoms with Gasteiger partial charge in [0, 0.05) is 24.7 Å². The van der Waals surface area contributed by atoms with E-state index in [1.807, 2.05) is 24.4 Å². The molecule has 0 bridgehead atoms. The van der Waals surface area contributed by atoms with Crippen LogP contribution in [0.25, 0.3) is 0 Å². The van der Waals surface area contributed by atoms with Crippen LogP contribution in [-0.4, -0.2) is 23.6 Å². The molecule has 1 unspecified atom stereocenters. The van der Waals surface area contributed by atoms with Crippen molar-refractivity contribution in [3.8, 4) is 0 Å². The van der Waals surface area contributed by atoms with Gasteiger partial charge in [0.05, 0.1) is 17.9 Å². The molecule has 1 atom stereocenters. The number of aromatic nitrogens is 2. The van der Waals surface area contributed by atoms with E-state index in [4.69, 9.17) is 0 Å². The van der Waals surface area contributed by atoms with Crippen LogP contribution in [0, 0.1) is 0 Å². The van der Waals surface area contributed by atoms with E-state index in [0.717, 1.165) is 29.6 Å². The van der Waals surface area contributed by atoms with Gasteiger partial charge in [0.25, 0.3) is 0 Å². The maximum absolute atomic E-state index is 4.68. The van der Waals surface area contributed by atoms with E-state index in [0.29, 0.717) is 6.04 Å². The molecule has 0 radical (unpaired) electrons. The minimum Gasteiger partial charge on any atom is -0.345 e. The third-order valence-corrected chi connectivity index (χ3v) is 3.89. The summed E-state index contributed by atoms with van der Waals surface area (Å²) in [4.78, 5) is 11.2. The van der Waals surface area contributed by atoms with Crippen LogP contribution in [0.3, 0.4) is 0 Å². The summed E-state index contributed by atoms with van der Waals surface area (Å²) < 4.78 is 0. The highest BCUT2D eigenvalue weighted by Gasteiger charge is 2.12. The fourth-order valence-corrected chi connectivity index (χ4v) is 2.75. The lowest BCUT2D eigenvalue weighted by molar-refractivity contribution is 0.586. The zero-order chi connectivity index (χ0) is 13.7. The first-order valence-corrected chi connectivity index (χ1v) is 7.38. The molecule has 0 spiro atoms. The Kier molecular flexibility index (Phi) is 4.87. The summed E-state index contributed by atoms with van der Waals surface area (Å²) >= 11 is 1.68. The minimum atomic E-state index is 0.304. The first kappa shape index (κ1) is 14.0. The van der Waals surface area contributed by atoms with Gasteiger partial charge in [-0.05, 0) is 25.6 Å². The van der Waals surface area contributed by atoms with Crippen molar-refractivity contribution in [1.82, 2.24) is 15.3 Å². The lowest BCUT2D eigenvalue weighted by Gasteiger charge is -2.15. The Balaban J connectivity index is 2.02. The number of nitrogens with zero attached hydrogens (tertiary/aromatic N) is 3. The van der Waals surface area contributed by atoms with Crippen molar-refractivity contribution in [2.45, 2.75) is 26.4 Å². The second kappa shape index (κ2) is 6.63. The van der Waals surface area contributed by atoms with Crippen LogP contribution in [0.2, 0.25) is 0 Å². The van der Waals surface area contributed by atoms with Gasteiger partial charge < -0.3 is 10.2 Å². The van der Waals surface area contributed by atoms with E-state index >= 15 is 0 Å². The summed E-state index contributed by atoms with van der Waals surface area (Å²) in [5.41, 5.74) is 2.16. The summed E-state index contributed by atoms with van der Waals surface area (Å²) in [5.74, 6) is 0. The molecule has 0 amide bonds. The molecule has 0 aliphatic heterocycles. The Bertz CT molecular complexity index is 497. The predicted octanol–water partition coefficient (Wildman–Crippen LogP) is 2.85. The van der Waals surface area contributed by atoms with Crippen molar-refractivity contribution < 1.29 is 0 Å². The van der Waals surface area contributed by atoms with Crippen molar-refractivity contribution in [3.63, 3.8) is 0 Å². The summed E-state index contributed by atoms with van der Waals surface area (Å²) in [5, 5.41) is 6.53. The zero-order valence-corrected chi connectivity index (χ0v) is 12.4. The van der Waals surface area contributed by atoms with Crippen molar-refractivity contribution in [2.75, 3.05) is 18.5 Å². The Labute approximate surface area is 118 Å². The van der Waals surface area contributed by atoms with Gasteiger partial charge >= 0.3 is 0 Å². The molecule has 0 fully saturated rings. The molecule has 0 aliphatic carbocycles. The van der Waals surface area contributed by atoms with Crippen molar-refractivity contribution in [3.05, 3.63) is 41.2 Å². The molecule has 4 nitrogen and oxygen atoms in total. The summed E-state index contributed by atoms with van der Waals surface area (Å²) in [7, 11) is 2.05. The van der Waals surface area contributed by atoms with Crippen molar-refractivity contribution >= 4 is 16.5 Å². The largest absolute Gasteiger partial charge is 0.345 e. The monoisotopic (exact) mass is 276 g/mol. The SMILES string of the molecule is CCNC(C)c1csc(N(C)Cc2ccccn2)n1. The lowest BCUT2D eigenvalue weighted by Crippen LogP contribution is -2.19. The van der Waals surface area contributed by atoms with E-state index in [9.17, 15) is 0 Å². The standard InChI is InChI=1S/C14H20N4S/c1-4-15-11(2)13-10-19-14(17-13)18(3)9-12-7-5-6-8-16-12/h5-8,10-11,15H,4,9H2,1-3H3. The number of anilines is 1. The Hall–Kier alpha value is -1.46. The van der Waals surface area contributed by atoms with E-state index in [2.05, 4.69) is 46.5 Å². The van der Waals surface area contributed by atoms with Crippen molar-refractivity contribution in [1.29, 1.82) is 0 Å². The lowest BCUT2D eigenvalue weighted by atomic mass is 10.2. The number of hydrogen-bond acceptors (Lipinski definition) is 5. The maximum Gasteiger partial charge on any atom is 0.185 e. The highest BCUT2D eigenvalue weighted by molar-refractivity contribution is 7.13. The summed E-state index contributed by atoms with van der Waals surface area (Å²) in [6.45, 7) is 5.99. The number of rotatable bonds is 6. The molecular formula is C14H20N4S. The van der Waals surface area contributed by atoms with Crippen LogP contribution in [-0.2, 0) is 6.54 Å². The molecule has 2 heterocycles. The number of thiazole rings is 1. The molecule has 19 heavy (non-hydrogen) atoms. The molecule has 102 valence electrons. The third kappa shape index (κ3) is 3.75. The topological polar surface area (TPSA) is 41.0 Å². The normalized spacial score (nSPS) is 12.4. The van der Waals surface area contributed by atoms with E-state index in [1.165, 1.54) is 0 Å². The van der Waals surface area contributed by atoms with Gasteiger partial charge in [-0.3, -0.25) is 4.98 Å². The number of pyridine rings is 1. The van der Waals surface area contributed by atoms with Crippen LogP contribution in [0.4, 0.5) is 5.13 Å². The van der Waals surface area contributed by atoms with Gasteiger partial charge in [0.15, 0.2) is 5.13 Å². The number of hydrogen-bond donors (Lipinski definition) is 1. The summed E-state index contributed by atoms with van der Waals surface area (Å²) in [6.07, 6.45) is 1.82. The highest BCUT2D eigenvalue weighted by atomic mass is 32.1. The van der Waals surface area contributed by atoms with Crippen LogP contribution in [0.15, 0.2) is 29.8 Å². The third-order valence-electron chi connectivity index (χ3n) is 2.92. The second-order valence-corrected chi connectivity index (χ2v) is 5.35. The van der Waals surface area contributed by atoms with E-state index in [-0.39, 0.29) is 0 Å². The molecule has 0 saturated heterocycles. The predicted molar refractivity (Wildman–Crippen MR) is 80.5 cm³/mol. The van der Waals surface area contributed by atoms with E-state index < -0.39 is 0 Å². The van der Waals surface area contributed by atoms with Crippen LogP contribution in [0.5, 0.6) is 0 Å². The molecule has 0 aromatic carbocycles. The molecule has 5 heteroatoms. The average Bonchev–Trinajstić information content (AvgIpc) is 2.90. The van der Waals surface area contributed by atoms with Crippen LogP contribution < -0.4 is 10.2 Å². The molecule has 0 saturated carbocycles. The van der Waals surface area contributed by atoms with Crippen molar-refractivity contribution in [2.24, 2.45) is 0 Å². The fraction of sp³-hybridized carbons (Fsp3) is 0.429. The maximum atomic E-state index is 4.68. The quantitative estimate of drug-likeness (QED) is 0.881. The smallest absolute Gasteiger partial charge is 0.185 e. The van der Waals surface area contributed by atoms with Gasteiger partial charge in [-0.15, -0.1) is 11.3 Å². The molecule has 1 N–H and O–H groups in total. The molecule has 2 rings (SSSR count). The zero-order valence-electron chi connectivity index (χ0n) is 11.6. The molecule has 2 aromatic heterocycles. The van der Waals surface area contributed by atoms with Gasteiger partial charge in [0.1, 0.15) is 0 Å². The van der Waals surface area contributed by atoms with Gasteiger partial charge in [-0.2, -0.15) is 0 Å². The molecular weight excluding hydrogens is 256 g/mol. The number of nitrogens with one attached hydrogen (secondary N) is 1. The Morgan fingerprint density at radius 1 is 1.42 bits per heavy atom. The average molecular weight is 276 g/mol. The molecule has 2 aromatic rings. The second-order valence-electron chi connectivity index (χ2n) is 4.51. The van der Waals surface area contributed by atoms with Gasteiger partial charge in [0.2, 0.25) is 0 Å². The highest BCUT2D eigenvalue weighted by Crippen LogP contribution is 2.24. The Morgan fingerprint density at radius 3 is 2.95 bits per heavy atom.